The molecule has 1 aromatic heterocycles. The average molecular weight is 395 g/mol. The second-order valence-electron chi connectivity index (χ2n) is 6.77. The number of aryl methyl sites for hydroxylation is 2. The van der Waals surface area contributed by atoms with E-state index in [2.05, 4.69) is 10.4 Å². The monoisotopic (exact) mass is 395 g/mol. The predicted molar refractivity (Wildman–Crippen MR) is 107 cm³/mol. The van der Waals surface area contributed by atoms with Crippen LogP contribution in [-0.4, -0.2) is 28.3 Å². The summed E-state index contributed by atoms with van der Waals surface area (Å²) < 4.78 is 20.3. The van der Waals surface area contributed by atoms with Crippen molar-refractivity contribution in [1.82, 2.24) is 9.78 Å². The molecule has 6 nitrogen and oxygen atoms in total. The topological polar surface area (TPSA) is 73.2 Å². The van der Waals surface area contributed by atoms with Crippen LogP contribution in [0.15, 0.2) is 48.5 Å². The van der Waals surface area contributed by atoms with E-state index in [0.717, 1.165) is 16.9 Å². The summed E-state index contributed by atoms with van der Waals surface area (Å²) in [5.74, 6) is -1.64. The highest BCUT2D eigenvalue weighted by Crippen LogP contribution is 2.23. The normalized spacial score (nSPS) is 10.6. The largest absolute Gasteiger partial charge is 0.455 e. The molecule has 0 spiro atoms. The molecule has 29 heavy (non-hydrogen) atoms. The maximum atomic E-state index is 13.6. The van der Waals surface area contributed by atoms with E-state index in [4.69, 9.17) is 4.74 Å². The van der Waals surface area contributed by atoms with Crippen LogP contribution in [-0.2, 0) is 20.7 Å². The summed E-state index contributed by atoms with van der Waals surface area (Å²) in [6, 6.07) is 13.8. The third-order valence-corrected chi connectivity index (χ3v) is 4.49. The maximum absolute atomic E-state index is 13.6. The van der Waals surface area contributed by atoms with Crippen LogP contribution in [0.1, 0.15) is 22.5 Å². The summed E-state index contributed by atoms with van der Waals surface area (Å²) in [7, 11) is 0. The van der Waals surface area contributed by atoms with E-state index in [-0.39, 0.29) is 12.0 Å². The fourth-order valence-electron chi connectivity index (χ4n) is 2.93. The minimum absolute atomic E-state index is 0.226. The van der Waals surface area contributed by atoms with Crippen molar-refractivity contribution < 1.29 is 18.7 Å². The first-order chi connectivity index (χ1) is 13.8. The van der Waals surface area contributed by atoms with Gasteiger partial charge in [-0.15, -0.1) is 0 Å². The standard InChI is InChI=1S/C22H22FN3O3/c1-14-8-10-18(11-9-14)26-16(3)22(15(2)25-26)24-20(27)13-29-21(28)12-17-6-4-5-7-19(17)23/h4-11H,12-13H2,1-3H3,(H,24,27). The van der Waals surface area contributed by atoms with Crippen LogP contribution in [0.2, 0.25) is 0 Å². The van der Waals surface area contributed by atoms with Crippen molar-refractivity contribution in [2.75, 3.05) is 11.9 Å². The molecule has 1 amide bonds. The predicted octanol–water partition coefficient (Wildman–Crippen LogP) is 3.66. The summed E-state index contributed by atoms with van der Waals surface area (Å²) in [5, 5.41) is 7.21. The van der Waals surface area contributed by atoms with Crippen LogP contribution >= 0.6 is 0 Å². The molecule has 0 aliphatic rings. The van der Waals surface area contributed by atoms with Gasteiger partial charge in [0.2, 0.25) is 0 Å². The number of ether oxygens (including phenoxy) is 1. The molecule has 0 atom stereocenters. The van der Waals surface area contributed by atoms with Crippen molar-refractivity contribution in [3.63, 3.8) is 0 Å². The van der Waals surface area contributed by atoms with E-state index < -0.39 is 24.3 Å². The Morgan fingerprint density at radius 1 is 1.07 bits per heavy atom. The zero-order valence-electron chi connectivity index (χ0n) is 16.5. The van der Waals surface area contributed by atoms with Crippen molar-refractivity contribution >= 4 is 17.6 Å². The summed E-state index contributed by atoms with van der Waals surface area (Å²) in [5.41, 5.74) is 4.23. The summed E-state index contributed by atoms with van der Waals surface area (Å²) >= 11 is 0. The Morgan fingerprint density at radius 2 is 1.76 bits per heavy atom. The van der Waals surface area contributed by atoms with Gasteiger partial charge in [-0.3, -0.25) is 9.59 Å². The number of amides is 1. The molecular weight excluding hydrogens is 373 g/mol. The lowest BCUT2D eigenvalue weighted by atomic mass is 10.1. The van der Waals surface area contributed by atoms with Crippen LogP contribution in [0.25, 0.3) is 5.69 Å². The lowest BCUT2D eigenvalue weighted by Gasteiger charge is -2.08. The van der Waals surface area contributed by atoms with Gasteiger partial charge in [0.15, 0.2) is 6.61 Å². The molecule has 0 saturated heterocycles. The average Bonchev–Trinajstić information content (AvgIpc) is 2.97. The molecule has 7 heteroatoms. The quantitative estimate of drug-likeness (QED) is 0.647. The SMILES string of the molecule is Cc1ccc(-n2nc(C)c(NC(=O)COC(=O)Cc3ccccc3F)c2C)cc1. The first kappa shape index (κ1) is 20.3. The van der Waals surface area contributed by atoms with E-state index in [1.165, 1.54) is 12.1 Å². The smallest absolute Gasteiger partial charge is 0.310 e. The number of benzene rings is 2. The van der Waals surface area contributed by atoms with Gasteiger partial charge in [-0.2, -0.15) is 5.10 Å². The Morgan fingerprint density at radius 3 is 2.45 bits per heavy atom. The fourth-order valence-corrected chi connectivity index (χ4v) is 2.93. The Kier molecular flexibility index (Phi) is 6.07. The zero-order valence-corrected chi connectivity index (χ0v) is 16.5. The molecule has 1 heterocycles. The first-order valence-corrected chi connectivity index (χ1v) is 9.17. The number of hydrogen-bond acceptors (Lipinski definition) is 4. The Balaban J connectivity index is 1.61. The van der Waals surface area contributed by atoms with Gasteiger partial charge in [0.1, 0.15) is 5.82 Å². The van der Waals surface area contributed by atoms with Gasteiger partial charge in [-0.05, 0) is 44.5 Å². The molecular formula is C22H22FN3O3. The maximum Gasteiger partial charge on any atom is 0.310 e. The van der Waals surface area contributed by atoms with Crippen LogP contribution < -0.4 is 5.32 Å². The molecule has 0 bridgehead atoms. The molecule has 2 aromatic carbocycles. The van der Waals surface area contributed by atoms with Gasteiger partial charge in [0, 0.05) is 0 Å². The molecule has 1 N–H and O–H groups in total. The number of nitrogens with one attached hydrogen (secondary N) is 1. The van der Waals surface area contributed by atoms with Gasteiger partial charge in [0.25, 0.3) is 5.91 Å². The van der Waals surface area contributed by atoms with Crippen molar-refractivity contribution in [2.45, 2.75) is 27.2 Å². The lowest BCUT2D eigenvalue weighted by Crippen LogP contribution is -2.22. The number of rotatable bonds is 6. The molecule has 0 radical (unpaired) electrons. The molecule has 0 saturated carbocycles. The third kappa shape index (κ3) is 4.87. The summed E-state index contributed by atoms with van der Waals surface area (Å²) in [4.78, 5) is 24.1. The summed E-state index contributed by atoms with van der Waals surface area (Å²) in [6.07, 6.45) is -0.233. The number of anilines is 1. The number of nitrogens with zero attached hydrogens (tertiary/aromatic N) is 2. The number of aromatic nitrogens is 2. The van der Waals surface area contributed by atoms with Gasteiger partial charge < -0.3 is 10.1 Å². The number of carbonyl (C=O) groups excluding carboxylic acids is 2. The van der Waals surface area contributed by atoms with Crippen LogP contribution in [0.4, 0.5) is 10.1 Å². The molecule has 3 rings (SSSR count). The first-order valence-electron chi connectivity index (χ1n) is 9.17. The van der Waals surface area contributed by atoms with E-state index in [0.29, 0.717) is 11.4 Å². The molecule has 0 fully saturated rings. The van der Waals surface area contributed by atoms with Crippen LogP contribution in [0.5, 0.6) is 0 Å². The van der Waals surface area contributed by atoms with Crippen molar-refractivity contribution in [3.05, 3.63) is 76.9 Å². The van der Waals surface area contributed by atoms with Gasteiger partial charge in [-0.25, -0.2) is 9.07 Å². The second kappa shape index (κ2) is 8.68. The van der Waals surface area contributed by atoms with E-state index in [1.807, 2.05) is 38.1 Å². The highest BCUT2D eigenvalue weighted by atomic mass is 19.1. The number of esters is 1. The van der Waals surface area contributed by atoms with Gasteiger partial charge in [0.05, 0.1) is 29.2 Å². The van der Waals surface area contributed by atoms with E-state index >= 15 is 0 Å². The lowest BCUT2D eigenvalue weighted by molar-refractivity contribution is -0.146. The minimum Gasteiger partial charge on any atom is -0.455 e. The molecule has 3 aromatic rings. The zero-order chi connectivity index (χ0) is 21.0. The minimum atomic E-state index is -0.672. The molecule has 150 valence electrons. The molecule has 0 aliphatic heterocycles. The van der Waals surface area contributed by atoms with Crippen molar-refractivity contribution in [3.8, 4) is 5.69 Å². The molecule has 0 aliphatic carbocycles. The number of carbonyl (C=O) groups is 2. The van der Waals surface area contributed by atoms with E-state index in [1.54, 1.807) is 23.7 Å². The van der Waals surface area contributed by atoms with Gasteiger partial charge >= 0.3 is 5.97 Å². The number of hydrogen-bond donors (Lipinski definition) is 1. The highest BCUT2D eigenvalue weighted by molar-refractivity contribution is 5.94. The fraction of sp³-hybridized carbons (Fsp3) is 0.227. The second-order valence-corrected chi connectivity index (χ2v) is 6.77. The van der Waals surface area contributed by atoms with Crippen molar-refractivity contribution in [1.29, 1.82) is 0 Å². The Bertz CT molecular complexity index is 1040. The Labute approximate surface area is 168 Å². The third-order valence-electron chi connectivity index (χ3n) is 4.49. The van der Waals surface area contributed by atoms with Crippen LogP contribution in [0, 0.1) is 26.6 Å². The van der Waals surface area contributed by atoms with Crippen molar-refractivity contribution in [2.24, 2.45) is 0 Å². The summed E-state index contributed by atoms with van der Waals surface area (Å²) in [6.45, 7) is 5.18. The van der Waals surface area contributed by atoms with Crippen LogP contribution in [0.3, 0.4) is 0 Å². The highest BCUT2D eigenvalue weighted by Gasteiger charge is 2.17. The molecule has 0 unspecified atom stereocenters. The number of halogens is 1. The van der Waals surface area contributed by atoms with Gasteiger partial charge in [-0.1, -0.05) is 35.9 Å². The Hall–Kier alpha value is -3.48. The van der Waals surface area contributed by atoms with E-state index in [9.17, 15) is 14.0 Å².